The highest BCUT2D eigenvalue weighted by molar-refractivity contribution is 6.31. The van der Waals surface area contributed by atoms with Gasteiger partial charge in [0.1, 0.15) is 5.15 Å². The summed E-state index contributed by atoms with van der Waals surface area (Å²) in [6.45, 7) is 1.34. The summed E-state index contributed by atoms with van der Waals surface area (Å²) in [7, 11) is 0. The Bertz CT molecular complexity index is 387. The van der Waals surface area contributed by atoms with E-state index in [0.717, 1.165) is 0 Å². The zero-order valence-electron chi connectivity index (χ0n) is 7.11. The summed E-state index contributed by atoms with van der Waals surface area (Å²) in [6.07, 6.45) is 0. The van der Waals surface area contributed by atoms with Gasteiger partial charge in [0.2, 0.25) is 0 Å². The summed E-state index contributed by atoms with van der Waals surface area (Å²) in [5, 5.41) is 22.9. The highest BCUT2D eigenvalue weighted by Crippen LogP contribution is 2.26. The van der Waals surface area contributed by atoms with Crippen molar-refractivity contribution in [2.24, 2.45) is 0 Å². The van der Waals surface area contributed by atoms with Gasteiger partial charge in [0, 0.05) is 5.56 Å². The predicted molar refractivity (Wildman–Crippen MR) is 46.6 cm³/mol. The normalized spacial score (nSPS) is 12.4. The van der Waals surface area contributed by atoms with Gasteiger partial charge in [-0.2, -0.15) is 5.10 Å². The van der Waals surface area contributed by atoms with Crippen molar-refractivity contribution in [3.8, 4) is 0 Å². The van der Waals surface area contributed by atoms with Crippen LogP contribution >= 0.6 is 11.6 Å². The van der Waals surface area contributed by atoms with E-state index in [1.165, 1.54) is 6.92 Å². The van der Waals surface area contributed by atoms with E-state index in [4.69, 9.17) is 21.8 Å². The Morgan fingerprint density at radius 2 is 2.07 bits per heavy atom. The molecule has 1 aromatic rings. The van der Waals surface area contributed by atoms with E-state index < -0.39 is 17.9 Å². The van der Waals surface area contributed by atoms with Crippen LogP contribution in [0.25, 0.3) is 0 Å². The first-order chi connectivity index (χ1) is 6.45. The minimum atomic E-state index is -1.31. The number of hydrogen-bond donors (Lipinski definition) is 3. The van der Waals surface area contributed by atoms with Gasteiger partial charge in [-0.25, -0.2) is 4.79 Å². The molecule has 0 amide bonds. The Morgan fingerprint density at radius 1 is 1.50 bits per heavy atom. The molecule has 1 heterocycles. The van der Waals surface area contributed by atoms with Gasteiger partial charge in [-0.3, -0.25) is 9.89 Å². The number of aromatic carboxylic acids is 1. The van der Waals surface area contributed by atoms with Crippen molar-refractivity contribution in [1.82, 2.24) is 10.2 Å². The first kappa shape index (κ1) is 10.5. The van der Waals surface area contributed by atoms with Gasteiger partial charge in [-0.1, -0.05) is 11.6 Å². The van der Waals surface area contributed by atoms with Gasteiger partial charge in [-0.05, 0) is 6.92 Å². The largest absolute Gasteiger partial charge is 0.481 e. The second kappa shape index (κ2) is 3.67. The SMILES string of the molecule is CC(C(=O)O)c1c(C(=O)O)n[nH]c1Cl. The summed E-state index contributed by atoms with van der Waals surface area (Å²) in [6, 6.07) is 0. The van der Waals surface area contributed by atoms with Crippen LogP contribution in [0.3, 0.4) is 0 Å². The third-order valence-corrected chi connectivity index (χ3v) is 2.05. The van der Waals surface area contributed by atoms with E-state index >= 15 is 0 Å². The lowest BCUT2D eigenvalue weighted by Crippen LogP contribution is -2.11. The van der Waals surface area contributed by atoms with Crippen LogP contribution in [0, 0.1) is 0 Å². The Balaban J connectivity index is 3.24. The molecule has 6 nitrogen and oxygen atoms in total. The van der Waals surface area contributed by atoms with Crippen molar-refractivity contribution in [2.45, 2.75) is 12.8 Å². The average Bonchev–Trinajstić information content (AvgIpc) is 2.45. The molecule has 0 spiro atoms. The van der Waals surface area contributed by atoms with Crippen molar-refractivity contribution >= 4 is 23.5 Å². The van der Waals surface area contributed by atoms with E-state index in [0.29, 0.717) is 0 Å². The van der Waals surface area contributed by atoms with Crippen molar-refractivity contribution in [3.63, 3.8) is 0 Å². The summed E-state index contributed by atoms with van der Waals surface area (Å²) < 4.78 is 0. The maximum Gasteiger partial charge on any atom is 0.356 e. The lowest BCUT2D eigenvalue weighted by Gasteiger charge is -2.04. The molecule has 0 bridgehead atoms. The number of aliphatic carboxylic acids is 1. The molecule has 0 aliphatic carbocycles. The fourth-order valence-corrected chi connectivity index (χ4v) is 1.31. The van der Waals surface area contributed by atoms with Gasteiger partial charge in [0.15, 0.2) is 5.69 Å². The van der Waals surface area contributed by atoms with E-state index in [2.05, 4.69) is 10.2 Å². The lowest BCUT2D eigenvalue weighted by molar-refractivity contribution is -0.138. The Hall–Kier alpha value is -1.56. The lowest BCUT2D eigenvalue weighted by atomic mass is 10.0. The van der Waals surface area contributed by atoms with Crippen LogP contribution in [0.4, 0.5) is 0 Å². The third kappa shape index (κ3) is 1.69. The number of halogens is 1. The van der Waals surface area contributed by atoms with Crippen molar-refractivity contribution in [3.05, 3.63) is 16.4 Å². The number of aromatic nitrogens is 2. The molecule has 0 radical (unpaired) electrons. The molecule has 1 aromatic heterocycles. The molecule has 0 aliphatic heterocycles. The van der Waals surface area contributed by atoms with Gasteiger partial charge < -0.3 is 10.2 Å². The van der Waals surface area contributed by atoms with Crippen LogP contribution in [0.1, 0.15) is 28.9 Å². The number of carbonyl (C=O) groups is 2. The molecular formula is C7H7ClN2O4. The molecular weight excluding hydrogens is 212 g/mol. The maximum atomic E-state index is 10.6. The fourth-order valence-electron chi connectivity index (χ4n) is 1.01. The number of carboxylic acids is 2. The van der Waals surface area contributed by atoms with E-state index in [-0.39, 0.29) is 16.4 Å². The van der Waals surface area contributed by atoms with Crippen molar-refractivity contribution in [2.75, 3.05) is 0 Å². The fraction of sp³-hybridized carbons (Fsp3) is 0.286. The van der Waals surface area contributed by atoms with Crippen LogP contribution in [-0.4, -0.2) is 32.3 Å². The zero-order valence-corrected chi connectivity index (χ0v) is 7.87. The Kier molecular flexibility index (Phi) is 2.76. The first-order valence-electron chi connectivity index (χ1n) is 3.65. The Morgan fingerprint density at radius 3 is 2.50 bits per heavy atom. The standard InChI is InChI=1S/C7H7ClN2O4/c1-2(6(11)12)3-4(7(13)14)9-10-5(3)8/h2H,1H3,(H,9,10)(H,11,12)(H,13,14). The minimum absolute atomic E-state index is 0.00772. The molecule has 0 saturated heterocycles. The van der Waals surface area contributed by atoms with E-state index in [1.807, 2.05) is 0 Å². The molecule has 0 fully saturated rings. The number of nitrogens with zero attached hydrogens (tertiary/aromatic N) is 1. The molecule has 1 unspecified atom stereocenters. The highest BCUT2D eigenvalue weighted by Gasteiger charge is 2.26. The van der Waals surface area contributed by atoms with Gasteiger partial charge >= 0.3 is 11.9 Å². The van der Waals surface area contributed by atoms with Crippen LogP contribution in [-0.2, 0) is 4.79 Å². The monoisotopic (exact) mass is 218 g/mol. The highest BCUT2D eigenvalue weighted by atomic mass is 35.5. The van der Waals surface area contributed by atoms with E-state index in [1.54, 1.807) is 0 Å². The van der Waals surface area contributed by atoms with Crippen molar-refractivity contribution in [1.29, 1.82) is 0 Å². The molecule has 7 heteroatoms. The molecule has 1 atom stereocenters. The number of rotatable bonds is 3. The van der Waals surface area contributed by atoms with E-state index in [9.17, 15) is 9.59 Å². The third-order valence-electron chi connectivity index (χ3n) is 1.76. The average molecular weight is 219 g/mol. The second-order valence-electron chi connectivity index (χ2n) is 2.66. The van der Waals surface area contributed by atoms with Crippen molar-refractivity contribution < 1.29 is 19.8 Å². The molecule has 0 aromatic carbocycles. The summed E-state index contributed by atoms with van der Waals surface area (Å²) in [5.41, 5.74) is -0.364. The quantitative estimate of drug-likeness (QED) is 0.701. The van der Waals surface area contributed by atoms with Crippen LogP contribution in [0.2, 0.25) is 5.15 Å². The molecule has 3 N–H and O–H groups in total. The predicted octanol–water partition coefficient (Wildman–Crippen LogP) is 0.949. The second-order valence-corrected chi connectivity index (χ2v) is 3.04. The summed E-state index contributed by atoms with van der Waals surface area (Å²) >= 11 is 5.58. The molecule has 1 rings (SSSR count). The number of hydrogen-bond acceptors (Lipinski definition) is 3. The number of carboxylic acid groups (broad SMARTS) is 2. The summed E-state index contributed by atoms with van der Waals surface area (Å²) in [4.78, 5) is 21.3. The number of aromatic amines is 1. The number of H-pyrrole nitrogens is 1. The Labute approximate surface area is 83.5 Å². The van der Waals surface area contributed by atoms with Gasteiger partial charge in [0.25, 0.3) is 0 Å². The maximum absolute atomic E-state index is 10.6. The molecule has 0 aliphatic rings. The number of nitrogens with one attached hydrogen (secondary N) is 1. The van der Waals surface area contributed by atoms with Gasteiger partial charge in [0.05, 0.1) is 5.92 Å². The zero-order chi connectivity index (χ0) is 10.9. The molecule has 14 heavy (non-hydrogen) atoms. The smallest absolute Gasteiger partial charge is 0.356 e. The van der Waals surface area contributed by atoms with Gasteiger partial charge in [-0.15, -0.1) is 0 Å². The molecule has 76 valence electrons. The minimum Gasteiger partial charge on any atom is -0.481 e. The van der Waals surface area contributed by atoms with Crippen LogP contribution in [0.5, 0.6) is 0 Å². The van der Waals surface area contributed by atoms with Crippen LogP contribution < -0.4 is 0 Å². The molecule has 0 saturated carbocycles. The first-order valence-corrected chi connectivity index (χ1v) is 4.02. The van der Waals surface area contributed by atoms with Crippen LogP contribution in [0.15, 0.2) is 0 Å². The summed E-state index contributed by atoms with van der Waals surface area (Å²) in [5.74, 6) is -3.47. The topological polar surface area (TPSA) is 103 Å².